The van der Waals surface area contributed by atoms with Crippen molar-refractivity contribution in [2.75, 3.05) is 0 Å². The highest BCUT2D eigenvalue weighted by atomic mass is 16.3. The molecule has 15 heavy (non-hydrogen) atoms. The molecule has 1 amide bonds. The smallest absolute Gasteiger partial charge is 0.290 e. The molecule has 0 aromatic carbocycles. The Balaban J connectivity index is 1.89. The molecule has 0 aliphatic carbocycles. The zero-order valence-electron chi connectivity index (χ0n) is 8.43. The van der Waals surface area contributed by atoms with Crippen molar-refractivity contribution in [2.24, 2.45) is 0 Å². The summed E-state index contributed by atoms with van der Waals surface area (Å²) >= 11 is 0. The minimum absolute atomic E-state index is 0.0388. The second kappa shape index (κ2) is 3.26. The van der Waals surface area contributed by atoms with Crippen LogP contribution in [0.4, 0.5) is 0 Å². The van der Waals surface area contributed by atoms with E-state index < -0.39 is 0 Å². The molecule has 3 heteroatoms. The molecule has 1 fully saturated rings. The Labute approximate surface area is 88.4 Å². The van der Waals surface area contributed by atoms with Crippen molar-refractivity contribution in [2.45, 2.75) is 31.3 Å². The van der Waals surface area contributed by atoms with Gasteiger partial charge in [-0.2, -0.15) is 0 Å². The number of hydrogen-bond donors (Lipinski definition) is 0. The Kier molecular flexibility index (Phi) is 1.91. The summed E-state index contributed by atoms with van der Waals surface area (Å²) in [4.78, 5) is 14.1. The summed E-state index contributed by atoms with van der Waals surface area (Å²) in [5, 5.41) is 0. The van der Waals surface area contributed by atoms with Gasteiger partial charge in [0.25, 0.3) is 5.91 Å². The number of carbonyl (C=O) groups excluding carboxylic acids is 1. The molecule has 2 aliphatic rings. The molecule has 3 rings (SSSR count). The van der Waals surface area contributed by atoms with Crippen LogP contribution in [0.25, 0.3) is 0 Å². The maximum absolute atomic E-state index is 12.1. The number of rotatable bonds is 1. The molecule has 2 unspecified atom stereocenters. The molecule has 0 N–H and O–H groups in total. The van der Waals surface area contributed by atoms with Gasteiger partial charge >= 0.3 is 0 Å². The van der Waals surface area contributed by atoms with Gasteiger partial charge < -0.3 is 9.32 Å². The number of amides is 1. The third-order valence-electron chi connectivity index (χ3n) is 3.28. The summed E-state index contributed by atoms with van der Waals surface area (Å²) in [6.07, 6.45) is 9.08. The van der Waals surface area contributed by atoms with E-state index in [1.165, 1.54) is 0 Å². The summed E-state index contributed by atoms with van der Waals surface area (Å²) in [7, 11) is 0. The Bertz CT molecular complexity index is 394. The van der Waals surface area contributed by atoms with E-state index in [2.05, 4.69) is 12.2 Å². The fourth-order valence-electron chi connectivity index (χ4n) is 2.57. The molecule has 3 heterocycles. The predicted octanol–water partition coefficient (Wildman–Crippen LogP) is 2.21. The van der Waals surface area contributed by atoms with Crippen LogP contribution in [0.5, 0.6) is 0 Å². The maximum Gasteiger partial charge on any atom is 0.290 e. The first kappa shape index (κ1) is 8.77. The number of hydrogen-bond acceptors (Lipinski definition) is 2. The van der Waals surface area contributed by atoms with Crippen LogP contribution < -0.4 is 0 Å². The standard InChI is InChI=1S/C12H13NO2/c14-12(11-5-2-8-15-11)13-9-3-1-4-10(13)7-6-9/h1-3,5,8-10H,4,6-7H2. The van der Waals surface area contributed by atoms with E-state index in [0.29, 0.717) is 17.8 Å². The fourth-order valence-corrected chi connectivity index (χ4v) is 2.57. The largest absolute Gasteiger partial charge is 0.459 e. The van der Waals surface area contributed by atoms with Crippen molar-refractivity contribution in [3.8, 4) is 0 Å². The SMILES string of the molecule is O=C(c1ccco1)N1C2C=CCC1CC2. The lowest BCUT2D eigenvalue weighted by Crippen LogP contribution is -2.41. The van der Waals surface area contributed by atoms with E-state index >= 15 is 0 Å². The monoisotopic (exact) mass is 203 g/mol. The normalized spacial score (nSPS) is 28.4. The predicted molar refractivity (Wildman–Crippen MR) is 55.4 cm³/mol. The highest BCUT2D eigenvalue weighted by molar-refractivity contribution is 5.92. The van der Waals surface area contributed by atoms with E-state index in [0.717, 1.165) is 19.3 Å². The van der Waals surface area contributed by atoms with Gasteiger partial charge in [0.15, 0.2) is 5.76 Å². The van der Waals surface area contributed by atoms with Crippen molar-refractivity contribution in [3.05, 3.63) is 36.3 Å². The lowest BCUT2D eigenvalue weighted by Gasteiger charge is -2.30. The molecular formula is C12H13NO2. The van der Waals surface area contributed by atoms with E-state index in [4.69, 9.17) is 4.42 Å². The molecule has 2 bridgehead atoms. The highest BCUT2D eigenvalue weighted by Gasteiger charge is 2.38. The van der Waals surface area contributed by atoms with Gasteiger partial charge in [-0.3, -0.25) is 4.79 Å². The first-order chi connectivity index (χ1) is 7.36. The van der Waals surface area contributed by atoms with E-state index in [9.17, 15) is 4.79 Å². The number of nitrogens with zero attached hydrogens (tertiary/aromatic N) is 1. The average Bonchev–Trinajstić information content (AvgIpc) is 2.85. The second-order valence-corrected chi connectivity index (χ2v) is 4.15. The van der Waals surface area contributed by atoms with Crippen LogP contribution in [0.1, 0.15) is 29.8 Å². The van der Waals surface area contributed by atoms with Crippen LogP contribution in [0.2, 0.25) is 0 Å². The van der Waals surface area contributed by atoms with Crippen LogP contribution in [0.15, 0.2) is 35.0 Å². The quantitative estimate of drug-likeness (QED) is 0.656. The Morgan fingerprint density at radius 3 is 3.13 bits per heavy atom. The summed E-state index contributed by atoms with van der Waals surface area (Å²) in [5.74, 6) is 0.499. The highest BCUT2D eigenvalue weighted by Crippen LogP contribution is 2.32. The van der Waals surface area contributed by atoms with E-state index in [1.807, 2.05) is 4.90 Å². The first-order valence-corrected chi connectivity index (χ1v) is 5.39. The second-order valence-electron chi connectivity index (χ2n) is 4.15. The number of carbonyl (C=O) groups is 1. The van der Waals surface area contributed by atoms with Gasteiger partial charge in [0.2, 0.25) is 0 Å². The van der Waals surface area contributed by atoms with Crippen LogP contribution in [-0.2, 0) is 0 Å². The summed E-state index contributed by atoms with van der Waals surface area (Å²) < 4.78 is 5.16. The average molecular weight is 203 g/mol. The molecule has 3 nitrogen and oxygen atoms in total. The minimum Gasteiger partial charge on any atom is -0.459 e. The minimum atomic E-state index is 0.0388. The van der Waals surface area contributed by atoms with Crippen LogP contribution in [0, 0.1) is 0 Å². The molecule has 0 saturated carbocycles. The molecule has 1 aromatic rings. The topological polar surface area (TPSA) is 33.5 Å². The van der Waals surface area contributed by atoms with Crippen molar-refractivity contribution < 1.29 is 9.21 Å². The summed E-state index contributed by atoms with van der Waals surface area (Å²) in [5.41, 5.74) is 0. The lowest BCUT2D eigenvalue weighted by molar-refractivity contribution is 0.0656. The fraction of sp³-hybridized carbons (Fsp3) is 0.417. The lowest BCUT2D eigenvalue weighted by atomic mass is 10.1. The van der Waals surface area contributed by atoms with Crippen molar-refractivity contribution in [3.63, 3.8) is 0 Å². The van der Waals surface area contributed by atoms with Crippen molar-refractivity contribution in [1.29, 1.82) is 0 Å². The van der Waals surface area contributed by atoms with E-state index in [-0.39, 0.29) is 5.91 Å². The molecule has 2 atom stereocenters. The van der Waals surface area contributed by atoms with Gasteiger partial charge in [0.1, 0.15) is 0 Å². The van der Waals surface area contributed by atoms with Crippen LogP contribution >= 0.6 is 0 Å². The van der Waals surface area contributed by atoms with Crippen molar-refractivity contribution in [1.82, 2.24) is 4.90 Å². The molecule has 0 spiro atoms. The first-order valence-electron chi connectivity index (χ1n) is 5.39. The number of fused-ring (bicyclic) bond motifs is 2. The van der Waals surface area contributed by atoms with Gasteiger partial charge in [-0.1, -0.05) is 12.2 Å². The van der Waals surface area contributed by atoms with Crippen LogP contribution in [0.3, 0.4) is 0 Å². The van der Waals surface area contributed by atoms with Crippen LogP contribution in [-0.4, -0.2) is 22.9 Å². The Morgan fingerprint density at radius 1 is 1.47 bits per heavy atom. The van der Waals surface area contributed by atoms with Gasteiger partial charge in [-0.25, -0.2) is 0 Å². The third-order valence-corrected chi connectivity index (χ3v) is 3.28. The van der Waals surface area contributed by atoms with Gasteiger partial charge in [-0.15, -0.1) is 0 Å². The molecular weight excluding hydrogens is 190 g/mol. The summed E-state index contributed by atoms with van der Waals surface area (Å²) in [6, 6.07) is 4.17. The zero-order valence-corrected chi connectivity index (χ0v) is 8.43. The molecule has 78 valence electrons. The molecule has 0 radical (unpaired) electrons. The van der Waals surface area contributed by atoms with E-state index in [1.54, 1.807) is 18.4 Å². The van der Waals surface area contributed by atoms with Gasteiger partial charge in [0, 0.05) is 6.04 Å². The molecule has 1 aromatic heterocycles. The Morgan fingerprint density at radius 2 is 2.40 bits per heavy atom. The Hall–Kier alpha value is -1.51. The van der Waals surface area contributed by atoms with Gasteiger partial charge in [-0.05, 0) is 31.4 Å². The molecule has 1 saturated heterocycles. The number of furan rings is 1. The van der Waals surface area contributed by atoms with Gasteiger partial charge in [0.05, 0.1) is 12.3 Å². The third kappa shape index (κ3) is 1.30. The molecule has 2 aliphatic heterocycles. The van der Waals surface area contributed by atoms with Crippen molar-refractivity contribution >= 4 is 5.91 Å². The summed E-state index contributed by atoms with van der Waals surface area (Å²) in [6.45, 7) is 0. The maximum atomic E-state index is 12.1. The zero-order chi connectivity index (χ0) is 10.3.